The Hall–Kier alpha value is -3.03. The summed E-state index contributed by atoms with van der Waals surface area (Å²) in [4.78, 5) is 80.9. The van der Waals surface area contributed by atoms with E-state index in [2.05, 4.69) is 0 Å². The minimum absolute atomic E-state index is 0.156. The highest BCUT2D eigenvalue weighted by molar-refractivity contribution is 7.52. The Balaban J connectivity index is 0. The van der Waals surface area contributed by atoms with Gasteiger partial charge in [0.2, 0.25) is 0 Å². The van der Waals surface area contributed by atoms with Crippen LogP contribution in [0.25, 0.3) is 0 Å². The average Bonchev–Trinajstić information content (AvgIpc) is 2.53. The van der Waals surface area contributed by atoms with Crippen molar-refractivity contribution in [2.24, 2.45) is 11.3 Å². The van der Waals surface area contributed by atoms with Gasteiger partial charge >= 0.3 is 43.4 Å². The van der Waals surface area contributed by atoms with Gasteiger partial charge in [0, 0.05) is 6.42 Å². The summed E-state index contributed by atoms with van der Waals surface area (Å²) in [6, 6.07) is 0. The summed E-state index contributed by atoms with van der Waals surface area (Å²) in [5, 5.41) is 51.2. The van der Waals surface area contributed by atoms with Crippen molar-refractivity contribution in [3.8, 4) is 0 Å². The number of hydrogen-bond acceptors (Lipinski definition) is 7. The molecule has 0 aliphatic carbocycles. The number of carboxylic acids is 6. The van der Waals surface area contributed by atoms with Gasteiger partial charge in [0.25, 0.3) is 5.41 Å². The zero-order valence-electron chi connectivity index (χ0n) is 15.4. The van der Waals surface area contributed by atoms with Crippen LogP contribution in [-0.2, 0) is 33.3 Å². The van der Waals surface area contributed by atoms with E-state index in [4.69, 9.17) is 40.4 Å². The average molecular weight is 460 g/mol. The van der Waals surface area contributed by atoms with Gasteiger partial charge in [0.15, 0.2) is 0 Å². The fourth-order valence-electron chi connectivity index (χ4n) is 2.32. The zero-order valence-corrected chi connectivity index (χ0v) is 16.3. The molecule has 0 heterocycles. The summed E-state index contributed by atoms with van der Waals surface area (Å²) in [5.74, 6) is -11.7. The maximum absolute atomic E-state index is 11.0. The quantitative estimate of drug-likeness (QED) is 0.131. The Morgan fingerprint density at radius 2 is 1.20 bits per heavy atom. The van der Waals surface area contributed by atoms with Crippen LogP contribution in [0.2, 0.25) is 0 Å². The van der Waals surface area contributed by atoms with Crippen LogP contribution in [0.5, 0.6) is 0 Å². The monoisotopic (exact) mass is 460 g/mol. The molecule has 0 aromatic carbocycles. The Morgan fingerprint density at radius 3 is 1.37 bits per heavy atom. The van der Waals surface area contributed by atoms with E-state index in [0.29, 0.717) is 0 Å². The highest BCUT2D eigenvalue weighted by Gasteiger charge is 2.64. The molecule has 0 amide bonds. The van der Waals surface area contributed by atoms with Crippen molar-refractivity contribution in [3.05, 3.63) is 0 Å². The molecular weight excluding hydrogens is 439 g/mol. The van der Waals surface area contributed by atoms with Crippen molar-refractivity contribution < 1.29 is 73.8 Å². The van der Waals surface area contributed by atoms with E-state index in [-0.39, 0.29) is 12.8 Å². The van der Waals surface area contributed by atoms with E-state index in [9.17, 15) is 33.3 Å². The fourth-order valence-corrected chi connectivity index (χ4v) is 3.63. The molecular formula is C14H21O15P. The van der Waals surface area contributed by atoms with Crippen LogP contribution >= 0.6 is 7.60 Å². The van der Waals surface area contributed by atoms with E-state index in [1.54, 1.807) is 0 Å². The van der Waals surface area contributed by atoms with Crippen LogP contribution in [0.15, 0.2) is 0 Å². The number of hydrogen-bond donors (Lipinski definition) is 8. The van der Waals surface area contributed by atoms with Gasteiger partial charge in [-0.1, -0.05) is 6.92 Å². The first kappa shape index (κ1) is 29.2. The molecule has 0 spiro atoms. The molecule has 0 fully saturated rings. The molecule has 0 radical (unpaired) electrons. The standard InChI is InChI=1S/C7H11O9P.C7H10O6/c1-2-3(17(14,15)16)7(4(8)9,5(10)11)6(12)13;8-5(9)2-1-4(7(12)13)3-6(10)11/h3H,2H2,1H3,(H,8,9)(H,10,11)(H,12,13)(H2,14,15,16);4H,1-3H2,(H,8,9)(H,10,11)(H,12,13). The van der Waals surface area contributed by atoms with Crippen LogP contribution in [0, 0.1) is 11.3 Å². The zero-order chi connectivity index (χ0) is 24.4. The molecule has 16 heteroatoms. The molecule has 0 aliphatic heterocycles. The smallest absolute Gasteiger partial charge is 0.333 e. The first-order valence-corrected chi connectivity index (χ1v) is 9.56. The predicted octanol–water partition coefficient (Wildman–Crippen LogP) is -0.790. The summed E-state index contributed by atoms with van der Waals surface area (Å²) >= 11 is 0. The Morgan fingerprint density at radius 1 is 0.800 bits per heavy atom. The minimum Gasteiger partial charge on any atom is -0.481 e. The molecule has 30 heavy (non-hydrogen) atoms. The molecule has 15 nitrogen and oxygen atoms in total. The maximum atomic E-state index is 11.0. The molecule has 0 bridgehead atoms. The Bertz CT molecular complexity index is 700. The first-order chi connectivity index (χ1) is 13.5. The maximum Gasteiger partial charge on any atom is 0.333 e. The minimum atomic E-state index is -5.20. The topological polar surface area (TPSA) is 281 Å². The molecule has 2 unspecified atom stereocenters. The molecule has 2 atom stereocenters. The molecule has 0 saturated carbocycles. The van der Waals surface area contributed by atoms with Crippen LogP contribution in [0.3, 0.4) is 0 Å². The van der Waals surface area contributed by atoms with Gasteiger partial charge in [-0.15, -0.1) is 0 Å². The van der Waals surface area contributed by atoms with Crippen LogP contribution in [0.4, 0.5) is 0 Å². The third kappa shape index (κ3) is 8.14. The molecule has 0 rings (SSSR count). The molecule has 0 aromatic rings. The normalized spacial score (nSPS) is 13.2. The Labute approximate surface area is 167 Å². The van der Waals surface area contributed by atoms with Crippen molar-refractivity contribution in [2.75, 3.05) is 0 Å². The fraction of sp³-hybridized carbons (Fsp3) is 0.571. The van der Waals surface area contributed by atoms with Crippen LogP contribution in [-0.4, -0.2) is 81.9 Å². The number of aliphatic carboxylic acids is 6. The SMILES string of the molecule is CCC(C(C(=O)O)(C(=O)O)C(=O)O)P(=O)(O)O.O=C(O)CCC(CC(=O)O)C(=O)O. The molecule has 0 saturated heterocycles. The predicted molar refractivity (Wildman–Crippen MR) is 91.7 cm³/mol. The van der Waals surface area contributed by atoms with E-state index < -0.39 is 73.2 Å². The summed E-state index contributed by atoms with van der Waals surface area (Å²) in [6.45, 7) is 1.09. The molecule has 172 valence electrons. The van der Waals surface area contributed by atoms with Gasteiger partial charge in [0.05, 0.1) is 18.0 Å². The third-order valence-corrected chi connectivity index (χ3v) is 5.35. The van der Waals surface area contributed by atoms with Crippen molar-refractivity contribution in [1.29, 1.82) is 0 Å². The number of carbonyl (C=O) groups is 6. The lowest BCUT2D eigenvalue weighted by molar-refractivity contribution is -0.176. The summed E-state index contributed by atoms with van der Waals surface area (Å²) in [6.07, 6.45) is -1.64. The second-order valence-electron chi connectivity index (χ2n) is 5.80. The van der Waals surface area contributed by atoms with E-state index in [1.807, 2.05) is 0 Å². The van der Waals surface area contributed by atoms with Crippen molar-refractivity contribution >= 4 is 43.4 Å². The van der Waals surface area contributed by atoms with Crippen molar-refractivity contribution in [3.63, 3.8) is 0 Å². The van der Waals surface area contributed by atoms with Crippen molar-refractivity contribution in [2.45, 2.75) is 38.3 Å². The second kappa shape index (κ2) is 11.8. The van der Waals surface area contributed by atoms with E-state index in [0.717, 1.165) is 6.92 Å². The van der Waals surface area contributed by atoms with Gasteiger partial charge in [-0.3, -0.25) is 33.3 Å². The third-order valence-electron chi connectivity index (χ3n) is 3.78. The van der Waals surface area contributed by atoms with Crippen LogP contribution < -0.4 is 0 Å². The van der Waals surface area contributed by atoms with Gasteiger partial charge in [-0.25, -0.2) is 0 Å². The molecule has 0 aromatic heterocycles. The van der Waals surface area contributed by atoms with E-state index in [1.165, 1.54) is 0 Å². The van der Waals surface area contributed by atoms with Gasteiger partial charge in [-0.05, 0) is 12.8 Å². The lowest BCUT2D eigenvalue weighted by atomic mass is 9.83. The summed E-state index contributed by atoms with van der Waals surface area (Å²) in [5.41, 5.74) is -5.91. The first-order valence-electron chi connectivity index (χ1n) is 7.87. The van der Waals surface area contributed by atoms with Crippen LogP contribution in [0.1, 0.15) is 32.6 Å². The molecule has 0 aliphatic rings. The summed E-state index contributed by atoms with van der Waals surface area (Å²) in [7, 11) is -5.20. The lowest BCUT2D eigenvalue weighted by Gasteiger charge is -2.29. The highest BCUT2D eigenvalue weighted by Crippen LogP contribution is 2.52. The lowest BCUT2D eigenvalue weighted by Crippen LogP contribution is -2.54. The summed E-state index contributed by atoms with van der Waals surface area (Å²) < 4.78 is 11.0. The Kier molecular flexibility index (Phi) is 11.5. The largest absolute Gasteiger partial charge is 0.481 e. The van der Waals surface area contributed by atoms with Gasteiger partial charge in [0.1, 0.15) is 0 Å². The van der Waals surface area contributed by atoms with Gasteiger partial charge in [-0.2, -0.15) is 0 Å². The van der Waals surface area contributed by atoms with E-state index >= 15 is 0 Å². The number of carboxylic acid groups (broad SMARTS) is 6. The second-order valence-corrected chi connectivity index (χ2v) is 7.60. The van der Waals surface area contributed by atoms with Crippen molar-refractivity contribution in [1.82, 2.24) is 0 Å². The highest BCUT2D eigenvalue weighted by atomic mass is 31.2. The molecule has 8 N–H and O–H groups in total. The number of rotatable bonds is 12. The van der Waals surface area contributed by atoms with Gasteiger partial charge < -0.3 is 40.4 Å².